The van der Waals surface area contributed by atoms with E-state index in [9.17, 15) is 19.6 Å². The van der Waals surface area contributed by atoms with Gasteiger partial charge in [-0.05, 0) is 62.2 Å². The highest BCUT2D eigenvalue weighted by Gasteiger charge is 2.43. The smallest absolute Gasteiger partial charge is 0.408 e. The van der Waals surface area contributed by atoms with E-state index in [2.05, 4.69) is 22.8 Å². The summed E-state index contributed by atoms with van der Waals surface area (Å²) in [5, 5.41) is 24.4. The van der Waals surface area contributed by atoms with Crippen LogP contribution in [0.5, 0.6) is 0 Å². The van der Waals surface area contributed by atoms with E-state index in [1.165, 1.54) is 0 Å². The van der Waals surface area contributed by atoms with Crippen LogP contribution in [0.1, 0.15) is 60.7 Å². The highest BCUT2D eigenvalue weighted by molar-refractivity contribution is 6.10. The highest BCUT2D eigenvalue weighted by Crippen LogP contribution is 2.30. The number of ether oxygens (including phenoxy) is 2. The van der Waals surface area contributed by atoms with Crippen molar-refractivity contribution >= 4 is 23.6 Å². The van der Waals surface area contributed by atoms with Gasteiger partial charge in [-0.1, -0.05) is 12.1 Å². The van der Waals surface area contributed by atoms with Crippen molar-refractivity contribution in [1.82, 2.24) is 10.6 Å². The van der Waals surface area contributed by atoms with Gasteiger partial charge in [0.1, 0.15) is 17.2 Å². The Labute approximate surface area is 227 Å². The van der Waals surface area contributed by atoms with Gasteiger partial charge in [-0.2, -0.15) is 10.5 Å². The van der Waals surface area contributed by atoms with Crippen LogP contribution in [0, 0.1) is 22.7 Å². The fourth-order valence-corrected chi connectivity index (χ4v) is 4.71. The Morgan fingerprint density at radius 2 is 1.82 bits per heavy atom. The molecule has 1 atom stereocenters. The van der Waals surface area contributed by atoms with E-state index in [0.717, 1.165) is 11.1 Å². The van der Waals surface area contributed by atoms with Gasteiger partial charge in [0.05, 0.1) is 24.2 Å². The van der Waals surface area contributed by atoms with Crippen molar-refractivity contribution in [3.63, 3.8) is 0 Å². The molecule has 1 fully saturated rings. The SMILES string of the molecule is CC(C)(C)OC(=O)NC1(C(=O)N[C@H](C#N)Cc2ccc3c(c2)CN(c2ccc(C#N)cc2)C3=O)CCOCC1. The fraction of sp³-hybridized carbons (Fsp3) is 0.414. The molecular weight excluding hydrogens is 498 g/mol. The number of fused-ring (bicyclic) bond motifs is 1. The zero-order chi connectivity index (χ0) is 28.2. The molecule has 2 aliphatic heterocycles. The predicted octanol–water partition coefficient (Wildman–Crippen LogP) is 3.34. The van der Waals surface area contributed by atoms with E-state index in [1.54, 1.807) is 62.1 Å². The van der Waals surface area contributed by atoms with Gasteiger partial charge in [0.15, 0.2) is 0 Å². The van der Waals surface area contributed by atoms with Crippen LogP contribution >= 0.6 is 0 Å². The second kappa shape index (κ2) is 11.1. The quantitative estimate of drug-likeness (QED) is 0.584. The standard InChI is InChI=1S/C29H31N5O5/c1-28(2,3)39-27(37)33-29(10-12-38-13-11-29)26(36)32-22(17-31)15-20-6-9-24-21(14-20)18-34(25(24)35)23-7-4-19(16-30)5-8-23/h4-9,14,22H,10-13,15,18H2,1-3H3,(H,32,36)(H,33,37)/t22-/m0/s1. The van der Waals surface area contributed by atoms with Crippen LogP contribution in [-0.4, -0.2) is 48.3 Å². The minimum atomic E-state index is -1.25. The normalized spacial score (nSPS) is 16.8. The number of amides is 3. The molecule has 2 aromatic carbocycles. The van der Waals surface area contributed by atoms with E-state index >= 15 is 0 Å². The second-order valence-corrected chi connectivity index (χ2v) is 10.7. The molecule has 0 spiro atoms. The Balaban J connectivity index is 1.45. The van der Waals surface area contributed by atoms with E-state index in [4.69, 9.17) is 14.7 Å². The minimum Gasteiger partial charge on any atom is -0.444 e. The third-order valence-electron chi connectivity index (χ3n) is 6.70. The molecule has 202 valence electrons. The maximum atomic E-state index is 13.4. The topological polar surface area (TPSA) is 145 Å². The molecule has 39 heavy (non-hydrogen) atoms. The lowest BCUT2D eigenvalue weighted by atomic mass is 9.88. The monoisotopic (exact) mass is 529 g/mol. The molecule has 2 aromatic rings. The largest absolute Gasteiger partial charge is 0.444 e. The molecule has 0 aromatic heterocycles. The molecule has 3 amide bonds. The first-order chi connectivity index (χ1) is 18.5. The molecule has 2 heterocycles. The Morgan fingerprint density at radius 3 is 2.44 bits per heavy atom. The van der Waals surface area contributed by atoms with Crippen LogP contribution < -0.4 is 15.5 Å². The zero-order valence-electron chi connectivity index (χ0n) is 22.2. The number of hydrogen-bond donors (Lipinski definition) is 2. The lowest BCUT2D eigenvalue weighted by Crippen LogP contribution is -2.63. The Bertz CT molecular complexity index is 1340. The zero-order valence-corrected chi connectivity index (χ0v) is 22.2. The molecular formula is C29H31N5O5. The number of carbonyl (C=O) groups is 3. The van der Waals surface area contributed by atoms with Gasteiger partial charge in [0.25, 0.3) is 5.91 Å². The minimum absolute atomic E-state index is 0.138. The van der Waals surface area contributed by atoms with Crippen LogP contribution in [0.4, 0.5) is 10.5 Å². The lowest BCUT2D eigenvalue weighted by Gasteiger charge is -2.37. The Kier molecular flexibility index (Phi) is 7.89. The van der Waals surface area contributed by atoms with E-state index in [-0.39, 0.29) is 38.4 Å². The summed E-state index contributed by atoms with van der Waals surface area (Å²) in [4.78, 5) is 40.5. The van der Waals surface area contributed by atoms with E-state index in [0.29, 0.717) is 23.4 Å². The summed E-state index contributed by atoms with van der Waals surface area (Å²) in [6, 6.07) is 15.5. The van der Waals surface area contributed by atoms with E-state index < -0.39 is 29.2 Å². The molecule has 10 nitrogen and oxygen atoms in total. The van der Waals surface area contributed by atoms with Crippen LogP contribution in [-0.2, 0) is 27.2 Å². The van der Waals surface area contributed by atoms with Gasteiger partial charge in [-0.15, -0.1) is 0 Å². The van der Waals surface area contributed by atoms with Crippen molar-refractivity contribution in [1.29, 1.82) is 10.5 Å². The van der Waals surface area contributed by atoms with Crippen molar-refractivity contribution in [3.05, 3.63) is 64.7 Å². The Hall–Kier alpha value is -4.41. The lowest BCUT2D eigenvalue weighted by molar-refractivity contribution is -0.132. The maximum Gasteiger partial charge on any atom is 0.408 e. The molecule has 2 aliphatic rings. The average molecular weight is 530 g/mol. The number of hydrogen-bond acceptors (Lipinski definition) is 7. The number of alkyl carbamates (subject to hydrolysis) is 1. The van der Waals surface area contributed by atoms with E-state index in [1.807, 2.05) is 6.07 Å². The fourth-order valence-electron chi connectivity index (χ4n) is 4.71. The first-order valence-electron chi connectivity index (χ1n) is 12.8. The molecule has 0 saturated carbocycles. The molecule has 4 rings (SSSR count). The molecule has 0 aliphatic carbocycles. The molecule has 0 radical (unpaired) electrons. The van der Waals surface area contributed by atoms with Crippen LogP contribution in [0.2, 0.25) is 0 Å². The summed E-state index contributed by atoms with van der Waals surface area (Å²) < 4.78 is 10.8. The molecule has 2 N–H and O–H groups in total. The first kappa shape index (κ1) is 27.6. The summed E-state index contributed by atoms with van der Waals surface area (Å²) in [6.45, 7) is 6.15. The molecule has 0 bridgehead atoms. The van der Waals surface area contributed by atoms with Gasteiger partial charge in [0.2, 0.25) is 5.91 Å². The van der Waals surface area contributed by atoms with Crippen molar-refractivity contribution in [3.8, 4) is 12.1 Å². The predicted molar refractivity (Wildman–Crippen MR) is 142 cm³/mol. The number of nitriles is 2. The summed E-state index contributed by atoms with van der Waals surface area (Å²) in [5.41, 5.74) is 1.41. The summed E-state index contributed by atoms with van der Waals surface area (Å²) in [6.07, 6.45) is 0.0211. The van der Waals surface area contributed by atoms with Gasteiger partial charge in [-0.3, -0.25) is 9.59 Å². The number of nitrogens with one attached hydrogen (secondary N) is 2. The number of carbonyl (C=O) groups excluding carboxylic acids is 3. The molecule has 1 saturated heterocycles. The van der Waals surface area contributed by atoms with Crippen LogP contribution in [0.3, 0.4) is 0 Å². The molecule has 10 heteroatoms. The summed E-state index contributed by atoms with van der Waals surface area (Å²) in [7, 11) is 0. The van der Waals surface area contributed by atoms with Crippen molar-refractivity contribution in [2.45, 2.75) is 63.8 Å². The number of anilines is 1. The Morgan fingerprint density at radius 1 is 1.13 bits per heavy atom. The number of benzene rings is 2. The van der Waals surface area contributed by atoms with Gasteiger partial charge in [-0.25, -0.2) is 4.79 Å². The highest BCUT2D eigenvalue weighted by atomic mass is 16.6. The van der Waals surface area contributed by atoms with Crippen molar-refractivity contribution in [2.24, 2.45) is 0 Å². The second-order valence-electron chi connectivity index (χ2n) is 10.7. The maximum absolute atomic E-state index is 13.4. The van der Waals surface area contributed by atoms with Crippen molar-refractivity contribution in [2.75, 3.05) is 18.1 Å². The van der Waals surface area contributed by atoms with Gasteiger partial charge in [0, 0.05) is 43.7 Å². The third kappa shape index (κ3) is 6.36. The first-order valence-corrected chi connectivity index (χ1v) is 12.8. The summed E-state index contributed by atoms with van der Waals surface area (Å²) in [5.74, 6) is -0.604. The van der Waals surface area contributed by atoms with Gasteiger partial charge >= 0.3 is 6.09 Å². The van der Waals surface area contributed by atoms with Crippen molar-refractivity contribution < 1.29 is 23.9 Å². The van der Waals surface area contributed by atoms with Crippen LogP contribution in [0.15, 0.2) is 42.5 Å². The number of nitrogens with zero attached hydrogens (tertiary/aromatic N) is 3. The summed E-state index contributed by atoms with van der Waals surface area (Å²) >= 11 is 0. The van der Waals surface area contributed by atoms with Crippen LogP contribution in [0.25, 0.3) is 0 Å². The average Bonchev–Trinajstić information content (AvgIpc) is 3.23. The third-order valence-corrected chi connectivity index (χ3v) is 6.70. The molecule has 0 unspecified atom stereocenters. The number of rotatable bonds is 6. The van der Waals surface area contributed by atoms with Gasteiger partial charge < -0.3 is 25.0 Å².